The third-order valence-corrected chi connectivity index (χ3v) is 5.02. The lowest BCUT2D eigenvalue weighted by molar-refractivity contribution is 0.0819. The van der Waals surface area contributed by atoms with Gasteiger partial charge in [-0.1, -0.05) is 33.6 Å². The van der Waals surface area contributed by atoms with Crippen molar-refractivity contribution in [1.29, 1.82) is 0 Å². The lowest BCUT2D eigenvalue weighted by Crippen LogP contribution is -2.49. The molecule has 0 saturated heterocycles. The highest BCUT2D eigenvalue weighted by molar-refractivity contribution is 4.92. The van der Waals surface area contributed by atoms with Crippen molar-refractivity contribution in [3.05, 3.63) is 0 Å². The van der Waals surface area contributed by atoms with E-state index in [1.165, 1.54) is 45.2 Å². The van der Waals surface area contributed by atoms with Crippen LogP contribution in [0.4, 0.5) is 0 Å². The summed E-state index contributed by atoms with van der Waals surface area (Å²) in [5, 5.41) is 3.68. The summed E-state index contributed by atoms with van der Waals surface area (Å²) in [5.74, 6) is 0. The molecule has 0 heterocycles. The summed E-state index contributed by atoms with van der Waals surface area (Å²) in [4.78, 5) is 2.58. The van der Waals surface area contributed by atoms with Crippen molar-refractivity contribution in [3.63, 3.8) is 0 Å². The van der Waals surface area contributed by atoms with Crippen molar-refractivity contribution >= 4 is 0 Å². The first-order valence-electron chi connectivity index (χ1n) is 7.76. The van der Waals surface area contributed by atoms with Gasteiger partial charge in [-0.2, -0.15) is 0 Å². The summed E-state index contributed by atoms with van der Waals surface area (Å²) in [6.07, 6.45) is 6.85. The summed E-state index contributed by atoms with van der Waals surface area (Å²) in [6, 6.07) is 0.604. The van der Waals surface area contributed by atoms with Gasteiger partial charge in [0.1, 0.15) is 0 Å². The second-order valence-electron chi connectivity index (χ2n) is 7.26. The van der Waals surface area contributed by atoms with Crippen LogP contribution in [-0.2, 0) is 0 Å². The Hall–Kier alpha value is -0.0800. The second kappa shape index (κ2) is 6.38. The van der Waals surface area contributed by atoms with E-state index in [-0.39, 0.29) is 0 Å². The molecule has 1 fully saturated rings. The molecule has 2 nitrogen and oxygen atoms in total. The topological polar surface area (TPSA) is 15.3 Å². The summed E-state index contributed by atoms with van der Waals surface area (Å²) >= 11 is 0. The van der Waals surface area contributed by atoms with Gasteiger partial charge in [-0.25, -0.2) is 0 Å². The van der Waals surface area contributed by atoms with E-state index in [2.05, 4.69) is 51.9 Å². The number of nitrogens with zero attached hydrogens (tertiary/aromatic N) is 1. The zero-order chi connectivity index (χ0) is 13.8. The molecule has 0 aliphatic heterocycles. The molecule has 108 valence electrons. The van der Waals surface area contributed by atoms with Crippen LogP contribution in [0.1, 0.15) is 66.7 Å². The molecule has 1 aliphatic rings. The van der Waals surface area contributed by atoms with Gasteiger partial charge < -0.3 is 10.2 Å². The maximum Gasteiger partial charge on any atom is 0.0147 e. The summed E-state index contributed by atoms with van der Waals surface area (Å²) in [5.41, 5.74) is 0.846. The Balaban J connectivity index is 2.62. The fourth-order valence-electron chi connectivity index (χ4n) is 2.92. The Morgan fingerprint density at radius 2 is 1.78 bits per heavy atom. The first kappa shape index (κ1) is 16.0. The Kier molecular flexibility index (Phi) is 5.67. The fraction of sp³-hybridized carbons (Fsp3) is 1.00. The molecule has 0 bridgehead atoms. The van der Waals surface area contributed by atoms with E-state index in [1.807, 2.05) is 0 Å². The Labute approximate surface area is 115 Å². The van der Waals surface area contributed by atoms with Gasteiger partial charge in [0, 0.05) is 24.7 Å². The van der Waals surface area contributed by atoms with Gasteiger partial charge in [0.25, 0.3) is 0 Å². The zero-order valence-corrected chi connectivity index (χ0v) is 13.5. The lowest BCUT2D eigenvalue weighted by Gasteiger charge is -2.42. The third-order valence-electron chi connectivity index (χ3n) is 5.02. The number of hydrogen-bond acceptors (Lipinski definition) is 2. The molecule has 1 aliphatic carbocycles. The quantitative estimate of drug-likeness (QED) is 0.746. The van der Waals surface area contributed by atoms with Crippen molar-refractivity contribution in [1.82, 2.24) is 10.2 Å². The molecular formula is C16H34N2. The minimum Gasteiger partial charge on any atom is -0.314 e. The van der Waals surface area contributed by atoms with Crippen LogP contribution in [0.15, 0.2) is 0 Å². The van der Waals surface area contributed by atoms with Gasteiger partial charge >= 0.3 is 0 Å². The maximum atomic E-state index is 3.68. The van der Waals surface area contributed by atoms with Crippen LogP contribution < -0.4 is 5.32 Å². The first-order chi connectivity index (χ1) is 8.31. The Bertz CT molecular complexity index is 239. The van der Waals surface area contributed by atoms with Crippen molar-refractivity contribution < 1.29 is 0 Å². The van der Waals surface area contributed by atoms with Gasteiger partial charge in [0.05, 0.1) is 0 Å². The molecular weight excluding hydrogens is 220 g/mol. The first-order valence-corrected chi connectivity index (χ1v) is 7.76. The van der Waals surface area contributed by atoms with Crippen molar-refractivity contribution in [2.24, 2.45) is 5.41 Å². The average Bonchev–Trinajstić information content (AvgIpc) is 2.75. The fourth-order valence-corrected chi connectivity index (χ4v) is 2.92. The third kappa shape index (κ3) is 4.24. The highest BCUT2D eigenvalue weighted by atomic mass is 15.2. The van der Waals surface area contributed by atoms with E-state index >= 15 is 0 Å². The summed E-state index contributed by atoms with van der Waals surface area (Å²) in [7, 11) is 2.30. The van der Waals surface area contributed by atoms with E-state index < -0.39 is 0 Å². The number of hydrogen-bond donors (Lipinski definition) is 1. The van der Waals surface area contributed by atoms with Crippen molar-refractivity contribution in [3.8, 4) is 0 Å². The molecule has 1 rings (SSSR count). The summed E-state index contributed by atoms with van der Waals surface area (Å²) < 4.78 is 0. The second-order valence-corrected chi connectivity index (χ2v) is 7.26. The molecule has 18 heavy (non-hydrogen) atoms. The minimum absolute atomic E-state index is 0.327. The van der Waals surface area contributed by atoms with Gasteiger partial charge in [0.15, 0.2) is 0 Å². The molecule has 0 amide bonds. The lowest BCUT2D eigenvalue weighted by atomic mass is 9.83. The van der Waals surface area contributed by atoms with Crippen LogP contribution in [0.25, 0.3) is 0 Å². The molecule has 2 heteroatoms. The minimum atomic E-state index is 0.327. The predicted molar refractivity (Wildman–Crippen MR) is 81.0 cm³/mol. The van der Waals surface area contributed by atoms with Crippen LogP contribution in [0.2, 0.25) is 0 Å². The van der Waals surface area contributed by atoms with Gasteiger partial charge in [0.2, 0.25) is 0 Å². The standard InChI is InChI=1S/C16H34N2/c1-7-15(4,5)18(6)13-16(10-8-9-11-16)12-17-14(2)3/h14,17H,7-13H2,1-6H3. The smallest absolute Gasteiger partial charge is 0.0147 e. The Morgan fingerprint density at radius 3 is 2.22 bits per heavy atom. The van der Waals surface area contributed by atoms with E-state index in [0.717, 1.165) is 0 Å². The average molecular weight is 254 g/mol. The molecule has 0 aromatic rings. The van der Waals surface area contributed by atoms with Crippen LogP contribution in [0, 0.1) is 5.41 Å². The number of rotatable bonds is 7. The van der Waals surface area contributed by atoms with E-state index in [4.69, 9.17) is 0 Å². The normalized spacial score (nSPS) is 20.0. The molecule has 1 N–H and O–H groups in total. The van der Waals surface area contributed by atoms with E-state index in [1.54, 1.807) is 0 Å². The zero-order valence-electron chi connectivity index (χ0n) is 13.5. The number of nitrogens with one attached hydrogen (secondary N) is 1. The SMILES string of the molecule is CCC(C)(C)N(C)CC1(CNC(C)C)CCCC1. The van der Waals surface area contributed by atoms with Gasteiger partial charge in [-0.3, -0.25) is 0 Å². The van der Waals surface area contributed by atoms with Crippen molar-refractivity contribution in [2.75, 3.05) is 20.1 Å². The molecule has 0 aromatic carbocycles. The molecule has 0 spiro atoms. The van der Waals surface area contributed by atoms with Crippen molar-refractivity contribution in [2.45, 2.75) is 78.3 Å². The van der Waals surface area contributed by atoms with Gasteiger partial charge in [-0.05, 0) is 45.6 Å². The monoisotopic (exact) mass is 254 g/mol. The molecule has 0 atom stereocenters. The molecule has 0 unspecified atom stereocenters. The largest absolute Gasteiger partial charge is 0.314 e. The highest BCUT2D eigenvalue weighted by Gasteiger charge is 2.37. The van der Waals surface area contributed by atoms with E-state index in [9.17, 15) is 0 Å². The van der Waals surface area contributed by atoms with Crippen LogP contribution in [0.3, 0.4) is 0 Å². The molecule has 0 radical (unpaired) electrons. The molecule has 1 saturated carbocycles. The molecule has 0 aromatic heterocycles. The van der Waals surface area contributed by atoms with Crippen LogP contribution >= 0.6 is 0 Å². The maximum absolute atomic E-state index is 3.68. The highest BCUT2D eigenvalue weighted by Crippen LogP contribution is 2.39. The van der Waals surface area contributed by atoms with Gasteiger partial charge in [-0.15, -0.1) is 0 Å². The predicted octanol–water partition coefficient (Wildman–Crippen LogP) is 3.67. The Morgan fingerprint density at radius 1 is 1.22 bits per heavy atom. The summed E-state index contributed by atoms with van der Waals surface area (Å²) in [6.45, 7) is 14.0. The van der Waals surface area contributed by atoms with E-state index in [0.29, 0.717) is 17.0 Å². The van der Waals surface area contributed by atoms with Crippen LogP contribution in [-0.4, -0.2) is 36.6 Å². The van der Waals surface area contributed by atoms with Crippen LogP contribution in [0.5, 0.6) is 0 Å².